The van der Waals surface area contributed by atoms with Crippen LogP contribution in [0.4, 0.5) is 5.69 Å². The van der Waals surface area contributed by atoms with Gasteiger partial charge in [0.25, 0.3) is 0 Å². The number of halogens is 2. The van der Waals surface area contributed by atoms with Gasteiger partial charge in [-0.05, 0) is 31.4 Å². The molecule has 1 aliphatic rings. The van der Waals surface area contributed by atoms with Crippen molar-refractivity contribution >= 4 is 34.8 Å². The highest BCUT2D eigenvalue weighted by Gasteiger charge is 2.32. The molecule has 3 nitrogen and oxygen atoms in total. The highest BCUT2D eigenvalue weighted by Crippen LogP contribution is 2.34. The molecule has 0 unspecified atom stereocenters. The number of carbonyl (C=O) groups is 1. The summed E-state index contributed by atoms with van der Waals surface area (Å²) in [4.78, 5) is 12.1. The summed E-state index contributed by atoms with van der Waals surface area (Å²) in [6, 6.07) is 3.55. The third-order valence-electron chi connectivity index (χ3n) is 3.66. The summed E-state index contributed by atoms with van der Waals surface area (Å²) < 4.78 is 0. The largest absolute Gasteiger partial charge is 0.325 e. The standard InChI is InChI=1S/C14H18Cl2N2O/c1-9-4-5-10(15)13(12(9)16)18-11(19)8-14(17)6-2-3-7-14/h4-5H,2-3,6-8,17H2,1H3,(H,18,19). The molecule has 104 valence electrons. The van der Waals surface area contributed by atoms with Crippen molar-refractivity contribution in [2.24, 2.45) is 5.73 Å². The second-order valence-electron chi connectivity index (χ2n) is 5.35. The minimum absolute atomic E-state index is 0.126. The van der Waals surface area contributed by atoms with Crippen LogP contribution in [0.3, 0.4) is 0 Å². The molecule has 1 fully saturated rings. The van der Waals surface area contributed by atoms with Crippen molar-refractivity contribution in [3.05, 3.63) is 27.7 Å². The van der Waals surface area contributed by atoms with E-state index in [0.717, 1.165) is 31.2 Å². The monoisotopic (exact) mass is 300 g/mol. The lowest BCUT2D eigenvalue weighted by Crippen LogP contribution is -2.40. The summed E-state index contributed by atoms with van der Waals surface area (Å²) in [5.41, 5.74) is 7.19. The van der Waals surface area contributed by atoms with E-state index in [9.17, 15) is 4.79 Å². The van der Waals surface area contributed by atoms with E-state index in [1.807, 2.05) is 13.0 Å². The number of nitrogens with one attached hydrogen (secondary N) is 1. The van der Waals surface area contributed by atoms with Crippen LogP contribution in [0, 0.1) is 6.92 Å². The van der Waals surface area contributed by atoms with Gasteiger partial charge < -0.3 is 11.1 Å². The maximum Gasteiger partial charge on any atom is 0.226 e. The number of aryl methyl sites for hydroxylation is 1. The molecule has 1 aromatic rings. The van der Waals surface area contributed by atoms with Crippen molar-refractivity contribution in [1.29, 1.82) is 0 Å². The Labute approximate surface area is 123 Å². The molecule has 0 atom stereocenters. The molecule has 0 aromatic heterocycles. The summed E-state index contributed by atoms with van der Waals surface area (Å²) in [7, 11) is 0. The molecule has 19 heavy (non-hydrogen) atoms. The van der Waals surface area contributed by atoms with Gasteiger partial charge in [0.1, 0.15) is 0 Å². The van der Waals surface area contributed by atoms with Gasteiger partial charge in [-0.3, -0.25) is 4.79 Å². The molecule has 0 radical (unpaired) electrons. The van der Waals surface area contributed by atoms with Crippen molar-refractivity contribution < 1.29 is 4.79 Å². The molecule has 1 amide bonds. The average Bonchev–Trinajstić information content (AvgIpc) is 2.76. The number of benzene rings is 1. The van der Waals surface area contributed by atoms with Gasteiger partial charge in [0, 0.05) is 12.0 Å². The third kappa shape index (κ3) is 3.41. The molecule has 1 aliphatic carbocycles. The van der Waals surface area contributed by atoms with E-state index in [1.54, 1.807) is 6.07 Å². The van der Waals surface area contributed by atoms with E-state index in [2.05, 4.69) is 5.32 Å². The van der Waals surface area contributed by atoms with Crippen molar-refractivity contribution in [3.63, 3.8) is 0 Å². The van der Waals surface area contributed by atoms with Crippen molar-refractivity contribution in [2.75, 3.05) is 5.32 Å². The van der Waals surface area contributed by atoms with E-state index < -0.39 is 0 Å². The predicted octanol–water partition coefficient (Wildman–Crippen LogP) is 3.90. The molecule has 5 heteroatoms. The zero-order valence-corrected chi connectivity index (χ0v) is 12.4. The molecule has 2 rings (SSSR count). The number of hydrogen-bond donors (Lipinski definition) is 2. The van der Waals surface area contributed by atoms with Gasteiger partial charge in [-0.15, -0.1) is 0 Å². The molecule has 0 saturated heterocycles. The molecular weight excluding hydrogens is 283 g/mol. The number of rotatable bonds is 3. The number of carbonyl (C=O) groups excluding carboxylic acids is 1. The maximum absolute atomic E-state index is 12.1. The summed E-state index contributed by atoms with van der Waals surface area (Å²) in [5.74, 6) is -0.126. The van der Waals surface area contributed by atoms with Crippen LogP contribution in [0.2, 0.25) is 10.0 Å². The number of hydrogen-bond acceptors (Lipinski definition) is 2. The first-order chi connectivity index (χ1) is 8.91. The zero-order valence-electron chi connectivity index (χ0n) is 10.9. The summed E-state index contributed by atoms with van der Waals surface area (Å²) in [5, 5.41) is 3.72. The molecule has 0 bridgehead atoms. The van der Waals surface area contributed by atoms with Crippen LogP contribution < -0.4 is 11.1 Å². The molecule has 0 spiro atoms. The molecular formula is C14H18Cl2N2O. The molecule has 1 aromatic carbocycles. The topological polar surface area (TPSA) is 55.1 Å². The Hall–Kier alpha value is -0.770. The summed E-state index contributed by atoms with van der Waals surface area (Å²) in [6.07, 6.45) is 4.30. The molecule has 0 heterocycles. The van der Waals surface area contributed by atoms with Gasteiger partial charge in [0.05, 0.1) is 15.7 Å². The minimum Gasteiger partial charge on any atom is -0.325 e. The fourth-order valence-corrected chi connectivity index (χ4v) is 3.00. The first kappa shape index (κ1) is 14.6. The Morgan fingerprint density at radius 1 is 1.37 bits per heavy atom. The van der Waals surface area contributed by atoms with E-state index in [-0.39, 0.29) is 11.4 Å². The van der Waals surface area contributed by atoms with E-state index in [4.69, 9.17) is 28.9 Å². The van der Waals surface area contributed by atoms with Crippen LogP contribution in [0.25, 0.3) is 0 Å². The normalized spacial score (nSPS) is 17.5. The quantitative estimate of drug-likeness (QED) is 0.889. The Morgan fingerprint density at radius 2 is 2.00 bits per heavy atom. The van der Waals surface area contributed by atoms with Gasteiger partial charge in [0.15, 0.2) is 0 Å². The highest BCUT2D eigenvalue weighted by molar-refractivity contribution is 6.40. The SMILES string of the molecule is Cc1ccc(Cl)c(NC(=O)CC2(N)CCCC2)c1Cl. The molecule has 0 aliphatic heterocycles. The zero-order chi connectivity index (χ0) is 14.0. The van der Waals surface area contributed by atoms with E-state index in [0.29, 0.717) is 22.2 Å². The van der Waals surface area contributed by atoms with Crippen molar-refractivity contribution in [2.45, 2.75) is 44.6 Å². The first-order valence-electron chi connectivity index (χ1n) is 6.45. The number of amides is 1. The fraction of sp³-hybridized carbons (Fsp3) is 0.500. The Morgan fingerprint density at radius 3 is 2.63 bits per heavy atom. The minimum atomic E-state index is -0.368. The van der Waals surface area contributed by atoms with Crippen LogP contribution >= 0.6 is 23.2 Å². The van der Waals surface area contributed by atoms with Crippen LogP contribution in [0.1, 0.15) is 37.7 Å². The average molecular weight is 301 g/mol. The van der Waals surface area contributed by atoms with Crippen LogP contribution in [0.5, 0.6) is 0 Å². The van der Waals surface area contributed by atoms with E-state index in [1.165, 1.54) is 0 Å². The molecule has 1 saturated carbocycles. The fourth-order valence-electron chi connectivity index (χ4n) is 2.53. The molecule has 3 N–H and O–H groups in total. The van der Waals surface area contributed by atoms with Crippen LogP contribution in [0.15, 0.2) is 12.1 Å². The number of nitrogens with two attached hydrogens (primary N) is 1. The van der Waals surface area contributed by atoms with Crippen LogP contribution in [-0.2, 0) is 4.79 Å². The van der Waals surface area contributed by atoms with Gasteiger partial charge >= 0.3 is 0 Å². The van der Waals surface area contributed by atoms with Crippen molar-refractivity contribution in [3.8, 4) is 0 Å². The Balaban J connectivity index is 2.09. The lowest BCUT2D eigenvalue weighted by Gasteiger charge is -2.23. The third-order valence-corrected chi connectivity index (χ3v) is 4.46. The Bertz CT molecular complexity index is 496. The van der Waals surface area contributed by atoms with Crippen LogP contribution in [-0.4, -0.2) is 11.4 Å². The van der Waals surface area contributed by atoms with Gasteiger partial charge in [-0.25, -0.2) is 0 Å². The van der Waals surface area contributed by atoms with Crippen molar-refractivity contribution in [1.82, 2.24) is 0 Å². The van der Waals surface area contributed by atoms with Gasteiger partial charge in [-0.2, -0.15) is 0 Å². The van der Waals surface area contributed by atoms with Gasteiger partial charge in [0.2, 0.25) is 5.91 Å². The maximum atomic E-state index is 12.1. The lowest BCUT2D eigenvalue weighted by molar-refractivity contribution is -0.117. The smallest absolute Gasteiger partial charge is 0.226 e. The Kier molecular flexibility index (Phi) is 4.39. The summed E-state index contributed by atoms with van der Waals surface area (Å²) >= 11 is 12.2. The lowest BCUT2D eigenvalue weighted by atomic mass is 9.94. The first-order valence-corrected chi connectivity index (χ1v) is 7.20. The second-order valence-corrected chi connectivity index (χ2v) is 6.13. The van der Waals surface area contributed by atoms with Gasteiger partial charge in [-0.1, -0.05) is 42.1 Å². The predicted molar refractivity (Wildman–Crippen MR) is 79.8 cm³/mol. The van der Waals surface area contributed by atoms with E-state index >= 15 is 0 Å². The summed E-state index contributed by atoms with van der Waals surface area (Å²) in [6.45, 7) is 1.87. The highest BCUT2D eigenvalue weighted by atomic mass is 35.5. The second kappa shape index (κ2) is 5.70. The number of anilines is 1.